The molecule has 0 saturated carbocycles. The monoisotopic (exact) mass is 243 g/mol. The Morgan fingerprint density at radius 2 is 2.12 bits per heavy atom. The van der Waals surface area contributed by atoms with Gasteiger partial charge in [-0.05, 0) is 38.1 Å². The van der Waals surface area contributed by atoms with Gasteiger partial charge in [0.15, 0.2) is 0 Å². The molecule has 17 heavy (non-hydrogen) atoms. The largest absolute Gasteiger partial charge is 0.383 e. The summed E-state index contributed by atoms with van der Waals surface area (Å²) in [7, 11) is 1.74. The molecular formula is C13H25NO3. The first-order valence-corrected chi connectivity index (χ1v) is 6.76. The van der Waals surface area contributed by atoms with Gasteiger partial charge in [0.05, 0.1) is 12.2 Å². The minimum absolute atomic E-state index is 0.129. The van der Waals surface area contributed by atoms with Gasteiger partial charge in [0.2, 0.25) is 0 Å². The number of nitrogens with one attached hydrogen (secondary N) is 1. The predicted molar refractivity (Wildman–Crippen MR) is 66.2 cm³/mol. The Morgan fingerprint density at radius 3 is 2.88 bits per heavy atom. The summed E-state index contributed by atoms with van der Waals surface area (Å²) in [5.74, 6) is 0.749. The molecule has 0 aromatic rings. The Morgan fingerprint density at radius 1 is 1.29 bits per heavy atom. The molecule has 0 bridgehead atoms. The smallest absolute Gasteiger partial charge is 0.0729 e. The molecule has 0 aromatic carbocycles. The summed E-state index contributed by atoms with van der Waals surface area (Å²) >= 11 is 0. The van der Waals surface area contributed by atoms with Crippen LogP contribution in [0.3, 0.4) is 0 Å². The van der Waals surface area contributed by atoms with Crippen LogP contribution in [0, 0.1) is 5.92 Å². The third-order valence-corrected chi connectivity index (χ3v) is 3.92. The molecule has 100 valence electrons. The van der Waals surface area contributed by atoms with Crippen LogP contribution in [-0.2, 0) is 14.2 Å². The maximum Gasteiger partial charge on any atom is 0.0729 e. The average molecular weight is 243 g/mol. The molecule has 2 heterocycles. The van der Waals surface area contributed by atoms with E-state index in [1.165, 1.54) is 12.8 Å². The second-order valence-corrected chi connectivity index (χ2v) is 5.20. The van der Waals surface area contributed by atoms with E-state index in [4.69, 9.17) is 14.2 Å². The van der Waals surface area contributed by atoms with Gasteiger partial charge in [-0.25, -0.2) is 0 Å². The van der Waals surface area contributed by atoms with Gasteiger partial charge in [-0.15, -0.1) is 0 Å². The maximum absolute atomic E-state index is 6.03. The Bertz CT molecular complexity index is 211. The van der Waals surface area contributed by atoms with Gasteiger partial charge in [-0.2, -0.15) is 0 Å². The van der Waals surface area contributed by atoms with Crippen molar-refractivity contribution in [2.75, 3.05) is 46.6 Å². The fourth-order valence-electron chi connectivity index (χ4n) is 2.88. The van der Waals surface area contributed by atoms with Crippen molar-refractivity contribution < 1.29 is 14.2 Å². The first-order valence-electron chi connectivity index (χ1n) is 6.76. The highest BCUT2D eigenvalue weighted by Gasteiger charge is 2.38. The molecule has 1 N–H and O–H groups in total. The zero-order chi connectivity index (χ0) is 12.0. The van der Waals surface area contributed by atoms with Crippen LogP contribution in [0.15, 0.2) is 0 Å². The third kappa shape index (κ3) is 3.91. The molecule has 2 aliphatic rings. The molecular weight excluding hydrogens is 218 g/mol. The Hall–Kier alpha value is -0.160. The van der Waals surface area contributed by atoms with Crippen molar-refractivity contribution in [1.82, 2.24) is 5.32 Å². The average Bonchev–Trinajstić information content (AvgIpc) is 2.36. The molecule has 1 unspecified atom stereocenters. The van der Waals surface area contributed by atoms with E-state index in [0.717, 1.165) is 58.3 Å². The highest BCUT2D eigenvalue weighted by atomic mass is 16.5. The van der Waals surface area contributed by atoms with Crippen molar-refractivity contribution in [3.8, 4) is 0 Å². The van der Waals surface area contributed by atoms with E-state index in [1.54, 1.807) is 7.11 Å². The number of hydrogen-bond donors (Lipinski definition) is 1. The van der Waals surface area contributed by atoms with Crippen LogP contribution in [0.5, 0.6) is 0 Å². The van der Waals surface area contributed by atoms with E-state index in [0.29, 0.717) is 0 Å². The van der Waals surface area contributed by atoms with Crippen LogP contribution in [0.2, 0.25) is 0 Å². The summed E-state index contributed by atoms with van der Waals surface area (Å²) in [6.07, 6.45) is 4.52. The normalized spacial score (nSPS) is 28.4. The summed E-state index contributed by atoms with van der Waals surface area (Å²) in [4.78, 5) is 0. The minimum Gasteiger partial charge on any atom is -0.383 e. The molecule has 0 amide bonds. The highest BCUT2D eigenvalue weighted by Crippen LogP contribution is 2.36. The van der Waals surface area contributed by atoms with Crippen LogP contribution >= 0.6 is 0 Å². The van der Waals surface area contributed by atoms with Crippen molar-refractivity contribution in [2.45, 2.75) is 31.3 Å². The summed E-state index contributed by atoms with van der Waals surface area (Å²) in [6.45, 7) is 5.48. The fraction of sp³-hybridized carbons (Fsp3) is 1.00. The maximum atomic E-state index is 6.03. The van der Waals surface area contributed by atoms with Gasteiger partial charge in [0, 0.05) is 33.5 Å². The van der Waals surface area contributed by atoms with Crippen LogP contribution in [0.4, 0.5) is 0 Å². The quantitative estimate of drug-likeness (QED) is 0.737. The second-order valence-electron chi connectivity index (χ2n) is 5.20. The van der Waals surface area contributed by atoms with Gasteiger partial charge in [0.1, 0.15) is 0 Å². The molecule has 2 aliphatic heterocycles. The van der Waals surface area contributed by atoms with Crippen LogP contribution in [-0.4, -0.2) is 52.2 Å². The molecule has 0 aliphatic carbocycles. The van der Waals surface area contributed by atoms with Crippen LogP contribution in [0.25, 0.3) is 0 Å². The molecule has 1 spiro atoms. The highest BCUT2D eigenvalue weighted by molar-refractivity contribution is 4.89. The van der Waals surface area contributed by atoms with Gasteiger partial charge < -0.3 is 19.5 Å². The molecule has 4 nitrogen and oxygen atoms in total. The second kappa shape index (κ2) is 6.69. The molecule has 2 rings (SSSR count). The number of rotatable bonds is 5. The van der Waals surface area contributed by atoms with Gasteiger partial charge in [0.25, 0.3) is 0 Å². The van der Waals surface area contributed by atoms with E-state index in [-0.39, 0.29) is 5.60 Å². The zero-order valence-electron chi connectivity index (χ0n) is 10.9. The minimum atomic E-state index is 0.129. The first kappa shape index (κ1) is 13.3. The van der Waals surface area contributed by atoms with Crippen molar-refractivity contribution in [2.24, 2.45) is 5.92 Å². The van der Waals surface area contributed by atoms with Crippen molar-refractivity contribution in [3.63, 3.8) is 0 Å². The van der Waals surface area contributed by atoms with E-state index in [9.17, 15) is 0 Å². The van der Waals surface area contributed by atoms with E-state index < -0.39 is 0 Å². The van der Waals surface area contributed by atoms with E-state index in [1.807, 2.05) is 0 Å². The molecule has 4 heteroatoms. The first-order chi connectivity index (χ1) is 8.35. The summed E-state index contributed by atoms with van der Waals surface area (Å²) in [5.41, 5.74) is 0.129. The lowest BCUT2D eigenvalue weighted by Crippen LogP contribution is -2.46. The Kier molecular flexibility index (Phi) is 5.22. The molecule has 2 saturated heterocycles. The summed E-state index contributed by atoms with van der Waals surface area (Å²) in [6, 6.07) is 0. The molecule has 1 atom stereocenters. The lowest BCUT2D eigenvalue weighted by Gasteiger charge is -2.43. The molecule has 0 radical (unpaired) electrons. The van der Waals surface area contributed by atoms with Crippen molar-refractivity contribution >= 4 is 0 Å². The Balaban J connectivity index is 1.72. The van der Waals surface area contributed by atoms with Gasteiger partial charge >= 0.3 is 0 Å². The van der Waals surface area contributed by atoms with E-state index in [2.05, 4.69) is 5.32 Å². The summed E-state index contributed by atoms with van der Waals surface area (Å²) < 4.78 is 16.5. The summed E-state index contributed by atoms with van der Waals surface area (Å²) in [5, 5.41) is 3.47. The number of methoxy groups -OCH3 is 1. The number of ether oxygens (including phenoxy) is 3. The van der Waals surface area contributed by atoms with E-state index >= 15 is 0 Å². The third-order valence-electron chi connectivity index (χ3n) is 3.92. The zero-order valence-corrected chi connectivity index (χ0v) is 10.9. The number of hydrogen-bond acceptors (Lipinski definition) is 4. The molecule has 0 aromatic heterocycles. The fourth-order valence-corrected chi connectivity index (χ4v) is 2.88. The van der Waals surface area contributed by atoms with Crippen LogP contribution in [0.1, 0.15) is 25.7 Å². The predicted octanol–water partition coefficient (Wildman–Crippen LogP) is 1.20. The topological polar surface area (TPSA) is 39.7 Å². The van der Waals surface area contributed by atoms with Crippen molar-refractivity contribution in [1.29, 1.82) is 0 Å². The lowest BCUT2D eigenvalue weighted by molar-refractivity contribution is -0.146. The van der Waals surface area contributed by atoms with Crippen molar-refractivity contribution in [3.05, 3.63) is 0 Å². The van der Waals surface area contributed by atoms with Gasteiger partial charge in [-0.3, -0.25) is 0 Å². The molecule has 2 fully saturated rings. The standard InChI is InChI=1S/C13H25NO3/c1-15-9-5-14-11-12-2-6-17-13(10-12)3-7-16-8-4-13/h12,14H,2-11H2,1H3. The lowest BCUT2D eigenvalue weighted by atomic mass is 9.81. The SMILES string of the molecule is COCCNCC1CCOC2(CCOCC2)C1. The van der Waals surface area contributed by atoms with Crippen LogP contribution < -0.4 is 5.32 Å². The Labute approximate surface area is 104 Å². The van der Waals surface area contributed by atoms with Gasteiger partial charge in [-0.1, -0.05) is 0 Å².